The van der Waals surface area contributed by atoms with Gasteiger partial charge in [-0.2, -0.15) is 41.9 Å². The van der Waals surface area contributed by atoms with E-state index in [4.69, 9.17) is 26.5 Å². The van der Waals surface area contributed by atoms with E-state index in [1.54, 1.807) is 0 Å². The van der Waals surface area contributed by atoms with Gasteiger partial charge in [-0.1, -0.05) is 38.4 Å². The molecule has 0 aliphatic heterocycles. The van der Waals surface area contributed by atoms with Crippen molar-refractivity contribution in [3.05, 3.63) is 34.5 Å². The predicted molar refractivity (Wildman–Crippen MR) is 112 cm³/mol. The molecule has 12 heteroatoms. The lowest BCUT2D eigenvalue weighted by Crippen LogP contribution is -2.34. The summed E-state index contributed by atoms with van der Waals surface area (Å²) in [7, 11) is 0. The molecule has 0 N–H and O–H groups in total. The summed E-state index contributed by atoms with van der Waals surface area (Å²) in [5.41, 5.74) is -0.789. The molecule has 0 saturated carbocycles. The zero-order valence-corrected chi connectivity index (χ0v) is 19.4. The number of carbonyl (C=O) groups excluding carboxylic acids is 2. The Morgan fingerprint density at radius 1 is 1.24 bits per heavy atom. The third-order valence-electron chi connectivity index (χ3n) is 4.88. The predicted octanol–water partition coefficient (Wildman–Crippen LogP) is 6.22. The van der Waals surface area contributed by atoms with Crippen LogP contribution in [0.2, 0.25) is 5.02 Å². The number of rotatable bonds is 9. The van der Waals surface area contributed by atoms with Gasteiger partial charge in [0.1, 0.15) is 5.75 Å². The van der Waals surface area contributed by atoms with E-state index in [-0.39, 0.29) is 34.5 Å². The summed E-state index contributed by atoms with van der Waals surface area (Å²) in [4.78, 5) is 16.2. The van der Waals surface area contributed by atoms with Crippen LogP contribution in [0.5, 0.6) is 5.75 Å². The Kier molecular flexibility index (Phi) is 10.7. The molecular weight excluding hydrogens is 485 g/mol. The molecule has 0 atom stereocenters. The second kappa shape index (κ2) is 12.5. The van der Waals surface area contributed by atoms with Crippen LogP contribution in [0.15, 0.2) is 18.2 Å². The fourth-order valence-electron chi connectivity index (χ4n) is 3.12. The number of hydrogen-bond acceptors (Lipinski definition) is 5. The summed E-state index contributed by atoms with van der Waals surface area (Å²) in [5.74, 6) is -0.281. The van der Waals surface area contributed by atoms with E-state index in [1.165, 1.54) is 22.9 Å². The SMILES string of the molecule is CCc1nn(CCCC#N)c(-c2ccc(CC(C)(C)C(F)(F)F)cc2OC(F)F)c1Cl.O=C=O. The van der Waals surface area contributed by atoms with Gasteiger partial charge < -0.3 is 4.74 Å². The van der Waals surface area contributed by atoms with Crippen LogP contribution in [-0.2, 0) is 29.0 Å². The minimum absolute atomic E-state index is 0.197. The van der Waals surface area contributed by atoms with E-state index in [9.17, 15) is 22.0 Å². The molecule has 0 aliphatic carbocycles. The second-order valence-electron chi connectivity index (χ2n) is 7.80. The number of unbranched alkanes of at least 4 members (excludes halogenated alkanes) is 1. The lowest BCUT2D eigenvalue weighted by atomic mass is 9.84. The molecule has 34 heavy (non-hydrogen) atoms. The van der Waals surface area contributed by atoms with Crippen LogP contribution < -0.4 is 4.74 Å². The van der Waals surface area contributed by atoms with Crippen molar-refractivity contribution < 1.29 is 36.3 Å². The van der Waals surface area contributed by atoms with Gasteiger partial charge in [-0.3, -0.25) is 4.68 Å². The van der Waals surface area contributed by atoms with Crippen molar-refractivity contribution in [1.29, 1.82) is 5.26 Å². The molecule has 0 bridgehead atoms. The molecule has 0 aliphatic rings. The maximum absolute atomic E-state index is 13.3. The van der Waals surface area contributed by atoms with Crippen molar-refractivity contribution in [2.45, 2.75) is 65.8 Å². The first kappa shape index (κ1) is 29.1. The average molecular weight is 508 g/mol. The van der Waals surface area contributed by atoms with Crippen molar-refractivity contribution in [2.75, 3.05) is 0 Å². The summed E-state index contributed by atoms with van der Waals surface area (Å²) < 4.78 is 72.2. The highest BCUT2D eigenvalue weighted by Crippen LogP contribution is 2.43. The molecule has 0 saturated heterocycles. The Morgan fingerprint density at radius 2 is 1.85 bits per heavy atom. The van der Waals surface area contributed by atoms with Crippen molar-refractivity contribution in [3.63, 3.8) is 0 Å². The molecule has 1 heterocycles. The van der Waals surface area contributed by atoms with Crippen LogP contribution in [0.25, 0.3) is 11.3 Å². The van der Waals surface area contributed by atoms with Gasteiger partial charge in [0, 0.05) is 18.5 Å². The summed E-state index contributed by atoms with van der Waals surface area (Å²) >= 11 is 6.45. The number of halogens is 6. The first-order valence-electron chi connectivity index (χ1n) is 10.1. The Balaban J connectivity index is 0.00000182. The van der Waals surface area contributed by atoms with Crippen LogP contribution >= 0.6 is 11.6 Å². The number of nitriles is 1. The van der Waals surface area contributed by atoms with Crippen molar-refractivity contribution in [3.8, 4) is 23.1 Å². The Labute approximate surface area is 198 Å². The lowest BCUT2D eigenvalue weighted by Gasteiger charge is -2.28. The maximum atomic E-state index is 13.3. The molecule has 1 aromatic carbocycles. The number of ether oxygens (including phenoxy) is 1. The second-order valence-corrected chi connectivity index (χ2v) is 8.18. The highest BCUT2D eigenvalue weighted by Gasteiger charge is 2.47. The number of alkyl halides is 5. The van der Waals surface area contributed by atoms with E-state index in [1.807, 2.05) is 13.0 Å². The Morgan fingerprint density at radius 3 is 2.35 bits per heavy atom. The van der Waals surface area contributed by atoms with Crippen molar-refractivity contribution in [2.24, 2.45) is 5.41 Å². The lowest BCUT2D eigenvalue weighted by molar-refractivity contribution is -0.211. The summed E-state index contributed by atoms with van der Waals surface area (Å²) in [5, 5.41) is 13.4. The fourth-order valence-corrected chi connectivity index (χ4v) is 3.49. The van der Waals surface area contributed by atoms with E-state index < -0.39 is 24.6 Å². The third-order valence-corrected chi connectivity index (χ3v) is 5.28. The molecular formula is C22H23ClF5N3O3. The van der Waals surface area contributed by atoms with Gasteiger partial charge in [0.25, 0.3) is 0 Å². The highest BCUT2D eigenvalue weighted by molar-refractivity contribution is 6.33. The molecule has 6 nitrogen and oxygen atoms in total. The van der Waals surface area contributed by atoms with Gasteiger partial charge in [0.2, 0.25) is 0 Å². The number of aromatic nitrogens is 2. The first-order chi connectivity index (χ1) is 15.8. The van der Waals surface area contributed by atoms with Crippen molar-refractivity contribution in [1.82, 2.24) is 9.78 Å². The van der Waals surface area contributed by atoms with Gasteiger partial charge in [-0.15, -0.1) is 0 Å². The highest BCUT2D eigenvalue weighted by atomic mass is 35.5. The van der Waals surface area contributed by atoms with Gasteiger partial charge in [-0.25, -0.2) is 0 Å². The fraction of sp³-hybridized carbons (Fsp3) is 0.500. The van der Waals surface area contributed by atoms with E-state index in [0.717, 1.165) is 13.8 Å². The van der Waals surface area contributed by atoms with Crippen molar-refractivity contribution >= 4 is 17.8 Å². The largest absolute Gasteiger partial charge is 0.434 e. The standard InChI is InChI=1S/C21H23ClF5N3O.CO2/c1-4-15-17(22)18(30(29-15)10-6-5-9-28)14-8-7-13(11-16(14)31-19(23)24)12-20(2,3)21(25,26)27;2-1-3/h7-8,11,19H,4-6,10,12H2,1-3H3;. The van der Waals surface area contributed by atoms with Gasteiger partial charge in [0.15, 0.2) is 0 Å². The topological polar surface area (TPSA) is 85.0 Å². The Hall–Kier alpha value is -2.96. The zero-order chi connectivity index (χ0) is 26.1. The molecule has 2 rings (SSSR count). The van der Waals surface area contributed by atoms with Gasteiger partial charge >= 0.3 is 18.9 Å². The number of hydrogen-bond donors (Lipinski definition) is 0. The average Bonchev–Trinajstić information content (AvgIpc) is 3.03. The van der Waals surface area contributed by atoms with E-state index in [0.29, 0.717) is 30.8 Å². The third kappa shape index (κ3) is 7.54. The quantitative estimate of drug-likeness (QED) is 0.297. The molecule has 1 aromatic heterocycles. The van der Waals surface area contributed by atoms with Crippen LogP contribution in [0.4, 0.5) is 22.0 Å². The Bertz CT molecular complexity index is 1040. The number of benzene rings is 1. The monoisotopic (exact) mass is 507 g/mol. The van der Waals surface area contributed by atoms with E-state index >= 15 is 0 Å². The first-order valence-corrected chi connectivity index (χ1v) is 10.5. The summed E-state index contributed by atoms with van der Waals surface area (Å²) in [6.45, 7) is 1.06. The maximum Gasteiger partial charge on any atom is 0.394 e. The van der Waals surface area contributed by atoms with Gasteiger partial charge in [-0.05, 0) is 37.0 Å². The molecule has 0 amide bonds. The van der Waals surface area contributed by atoms with Crippen LogP contribution in [-0.4, -0.2) is 28.7 Å². The summed E-state index contributed by atoms with van der Waals surface area (Å²) in [6.07, 6.45) is -3.41. The van der Waals surface area contributed by atoms with Crippen LogP contribution in [0, 0.1) is 16.7 Å². The normalized spacial score (nSPS) is 11.4. The van der Waals surface area contributed by atoms with Crippen LogP contribution in [0.1, 0.15) is 44.9 Å². The van der Waals surface area contributed by atoms with Crippen LogP contribution in [0.3, 0.4) is 0 Å². The molecule has 0 spiro atoms. The molecule has 186 valence electrons. The summed E-state index contributed by atoms with van der Waals surface area (Å²) in [6, 6.07) is 6.07. The minimum Gasteiger partial charge on any atom is -0.434 e. The van der Waals surface area contributed by atoms with Gasteiger partial charge in [0.05, 0.1) is 27.9 Å². The van der Waals surface area contributed by atoms with E-state index in [2.05, 4.69) is 9.84 Å². The minimum atomic E-state index is -4.46. The number of nitrogens with zero attached hydrogens (tertiary/aromatic N) is 3. The number of aryl methyl sites for hydroxylation is 2. The smallest absolute Gasteiger partial charge is 0.394 e. The molecule has 0 unspecified atom stereocenters. The molecule has 2 aromatic rings. The molecule has 0 radical (unpaired) electrons. The zero-order valence-electron chi connectivity index (χ0n) is 18.7. The molecule has 0 fully saturated rings.